The smallest absolute Gasteiger partial charge is 0.274 e. The predicted molar refractivity (Wildman–Crippen MR) is 116 cm³/mol. The fourth-order valence-corrected chi connectivity index (χ4v) is 5.57. The molecule has 0 spiro atoms. The van der Waals surface area contributed by atoms with Crippen molar-refractivity contribution in [2.75, 3.05) is 25.9 Å². The molecule has 4 rings (SSSR count). The van der Waals surface area contributed by atoms with Crippen LogP contribution < -0.4 is 0 Å². The van der Waals surface area contributed by atoms with E-state index in [9.17, 15) is 13.2 Å². The standard InChI is InChI=1S/C22H30N4O3S/c1-15-6-5-7-18(16(15)2)17-8-11-25(12-9-17)22(27)21-19-14-26(30(4,28)29)13-10-20(19)24(3)23-21/h5-7,17H,8-14H2,1-4H3. The number of hydrogen-bond acceptors (Lipinski definition) is 4. The minimum Gasteiger partial charge on any atom is -0.337 e. The van der Waals surface area contributed by atoms with Crippen LogP contribution in [0, 0.1) is 13.8 Å². The van der Waals surface area contributed by atoms with E-state index in [1.807, 2.05) is 11.9 Å². The largest absolute Gasteiger partial charge is 0.337 e. The molecule has 1 saturated heterocycles. The van der Waals surface area contributed by atoms with Crippen LogP contribution >= 0.6 is 0 Å². The zero-order valence-corrected chi connectivity index (χ0v) is 19.0. The molecule has 30 heavy (non-hydrogen) atoms. The molecule has 0 radical (unpaired) electrons. The van der Waals surface area contributed by atoms with Crippen molar-refractivity contribution in [3.05, 3.63) is 51.8 Å². The summed E-state index contributed by atoms with van der Waals surface area (Å²) >= 11 is 0. The molecule has 0 bridgehead atoms. The maximum Gasteiger partial charge on any atom is 0.274 e. The number of carbonyl (C=O) groups excluding carboxylic acids is 1. The van der Waals surface area contributed by atoms with E-state index in [0.29, 0.717) is 37.7 Å². The second kappa shape index (κ2) is 7.81. The first-order valence-electron chi connectivity index (χ1n) is 10.5. The molecule has 0 N–H and O–H groups in total. The van der Waals surface area contributed by atoms with Crippen molar-refractivity contribution in [3.8, 4) is 0 Å². The molecule has 2 aliphatic rings. The van der Waals surface area contributed by atoms with Gasteiger partial charge in [0, 0.05) is 50.9 Å². The Balaban J connectivity index is 1.51. The molecule has 162 valence electrons. The van der Waals surface area contributed by atoms with E-state index in [2.05, 4.69) is 37.1 Å². The van der Waals surface area contributed by atoms with Gasteiger partial charge in [0.15, 0.2) is 5.69 Å². The molecule has 0 saturated carbocycles. The molecular weight excluding hydrogens is 400 g/mol. The van der Waals surface area contributed by atoms with Gasteiger partial charge in [-0.3, -0.25) is 9.48 Å². The number of aromatic nitrogens is 2. The van der Waals surface area contributed by atoms with Crippen LogP contribution in [0.5, 0.6) is 0 Å². The highest BCUT2D eigenvalue weighted by Crippen LogP contribution is 2.32. The first-order chi connectivity index (χ1) is 14.2. The number of sulfonamides is 1. The van der Waals surface area contributed by atoms with E-state index in [4.69, 9.17) is 0 Å². The molecular formula is C22H30N4O3S. The average molecular weight is 431 g/mol. The fraction of sp³-hybridized carbons (Fsp3) is 0.545. The van der Waals surface area contributed by atoms with Crippen LogP contribution in [-0.2, 0) is 30.0 Å². The Morgan fingerprint density at radius 3 is 2.50 bits per heavy atom. The maximum absolute atomic E-state index is 13.3. The Morgan fingerprint density at radius 1 is 1.13 bits per heavy atom. The lowest BCUT2D eigenvalue weighted by molar-refractivity contribution is 0.0704. The number of nitrogens with zero attached hydrogens (tertiary/aromatic N) is 4. The molecule has 1 aromatic carbocycles. The molecule has 2 aromatic rings. The Labute approximate surface area is 178 Å². The van der Waals surface area contributed by atoms with Gasteiger partial charge in [0.25, 0.3) is 5.91 Å². The summed E-state index contributed by atoms with van der Waals surface area (Å²) in [7, 11) is -1.47. The topological polar surface area (TPSA) is 75.5 Å². The second-order valence-corrected chi connectivity index (χ2v) is 10.6. The van der Waals surface area contributed by atoms with E-state index in [1.165, 1.54) is 27.3 Å². The van der Waals surface area contributed by atoms with Gasteiger partial charge in [0.1, 0.15) is 0 Å². The van der Waals surface area contributed by atoms with Crippen LogP contribution in [0.2, 0.25) is 0 Å². The van der Waals surface area contributed by atoms with E-state index in [-0.39, 0.29) is 12.5 Å². The summed E-state index contributed by atoms with van der Waals surface area (Å²) in [5.74, 6) is 0.383. The molecule has 1 amide bonds. The molecule has 0 aliphatic carbocycles. The molecule has 0 unspecified atom stereocenters. The van der Waals surface area contributed by atoms with E-state index < -0.39 is 10.0 Å². The quantitative estimate of drug-likeness (QED) is 0.749. The van der Waals surface area contributed by atoms with Crippen LogP contribution in [0.3, 0.4) is 0 Å². The van der Waals surface area contributed by atoms with Gasteiger partial charge in [-0.25, -0.2) is 8.42 Å². The van der Waals surface area contributed by atoms with Crippen molar-refractivity contribution in [1.29, 1.82) is 0 Å². The minimum atomic E-state index is -3.30. The normalized spacial score (nSPS) is 18.5. The highest BCUT2D eigenvalue weighted by Gasteiger charge is 2.33. The lowest BCUT2D eigenvalue weighted by Gasteiger charge is -2.33. The number of amides is 1. The van der Waals surface area contributed by atoms with E-state index >= 15 is 0 Å². The highest BCUT2D eigenvalue weighted by molar-refractivity contribution is 7.88. The van der Waals surface area contributed by atoms with Crippen LogP contribution in [-0.4, -0.2) is 59.2 Å². The number of benzene rings is 1. The third kappa shape index (κ3) is 3.78. The summed E-state index contributed by atoms with van der Waals surface area (Å²) in [6, 6.07) is 6.46. The third-order valence-electron chi connectivity index (χ3n) is 6.75. The molecule has 0 atom stereocenters. The summed E-state index contributed by atoms with van der Waals surface area (Å²) in [4.78, 5) is 15.2. The molecule has 1 aromatic heterocycles. The Hall–Kier alpha value is -2.19. The second-order valence-electron chi connectivity index (χ2n) is 8.60. The van der Waals surface area contributed by atoms with Gasteiger partial charge in [-0.2, -0.15) is 9.40 Å². The summed E-state index contributed by atoms with van der Waals surface area (Å²) in [6.07, 6.45) is 3.66. The lowest BCUT2D eigenvalue weighted by Crippen LogP contribution is -2.40. The van der Waals surface area contributed by atoms with Gasteiger partial charge in [0.2, 0.25) is 10.0 Å². The number of fused-ring (bicyclic) bond motifs is 1. The monoisotopic (exact) mass is 430 g/mol. The number of piperidine rings is 1. The van der Waals surface area contributed by atoms with Gasteiger partial charge in [-0.1, -0.05) is 18.2 Å². The molecule has 1 fully saturated rings. The maximum atomic E-state index is 13.3. The van der Waals surface area contributed by atoms with Crippen LogP contribution in [0.1, 0.15) is 57.2 Å². The van der Waals surface area contributed by atoms with Gasteiger partial charge < -0.3 is 4.90 Å². The first-order valence-corrected chi connectivity index (χ1v) is 12.4. The zero-order valence-electron chi connectivity index (χ0n) is 18.2. The van der Waals surface area contributed by atoms with Gasteiger partial charge in [-0.05, 0) is 49.3 Å². The molecule has 7 nitrogen and oxygen atoms in total. The van der Waals surface area contributed by atoms with Gasteiger partial charge in [0.05, 0.1) is 6.26 Å². The van der Waals surface area contributed by atoms with E-state index in [0.717, 1.165) is 24.1 Å². The first kappa shape index (κ1) is 21.1. The molecule has 8 heteroatoms. The van der Waals surface area contributed by atoms with Crippen molar-refractivity contribution in [1.82, 2.24) is 19.0 Å². The number of likely N-dealkylation sites (tertiary alicyclic amines) is 1. The van der Waals surface area contributed by atoms with Gasteiger partial charge in [-0.15, -0.1) is 0 Å². The number of rotatable bonds is 3. The predicted octanol–water partition coefficient (Wildman–Crippen LogP) is 2.37. The number of carbonyl (C=O) groups is 1. The third-order valence-corrected chi connectivity index (χ3v) is 8.00. The van der Waals surface area contributed by atoms with Crippen LogP contribution in [0.15, 0.2) is 18.2 Å². The fourth-order valence-electron chi connectivity index (χ4n) is 4.78. The SMILES string of the molecule is Cc1cccc(C2CCN(C(=O)c3nn(C)c4c3CN(S(C)(=O)=O)CC4)CC2)c1C. The van der Waals surface area contributed by atoms with Gasteiger partial charge >= 0.3 is 0 Å². The average Bonchev–Trinajstić information content (AvgIpc) is 3.05. The van der Waals surface area contributed by atoms with Crippen molar-refractivity contribution < 1.29 is 13.2 Å². The zero-order chi connectivity index (χ0) is 21.6. The van der Waals surface area contributed by atoms with Crippen molar-refractivity contribution in [3.63, 3.8) is 0 Å². The van der Waals surface area contributed by atoms with Crippen LogP contribution in [0.4, 0.5) is 0 Å². The van der Waals surface area contributed by atoms with Crippen molar-refractivity contribution in [2.45, 2.75) is 45.6 Å². The highest BCUT2D eigenvalue weighted by atomic mass is 32.2. The van der Waals surface area contributed by atoms with Crippen LogP contribution in [0.25, 0.3) is 0 Å². The molecule has 2 aliphatic heterocycles. The Bertz CT molecular complexity index is 1080. The van der Waals surface area contributed by atoms with Crippen molar-refractivity contribution in [2.24, 2.45) is 7.05 Å². The minimum absolute atomic E-state index is 0.0818. The van der Waals surface area contributed by atoms with Crippen molar-refractivity contribution >= 4 is 15.9 Å². The van der Waals surface area contributed by atoms with E-state index in [1.54, 1.807) is 4.68 Å². The Morgan fingerprint density at radius 2 is 1.83 bits per heavy atom. The summed E-state index contributed by atoms with van der Waals surface area (Å²) in [5.41, 5.74) is 6.18. The summed E-state index contributed by atoms with van der Waals surface area (Å²) in [6.45, 7) is 6.36. The lowest BCUT2D eigenvalue weighted by atomic mass is 9.85. The molecule has 3 heterocycles. The number of hydrogen-bond donors (Lipinski definition) is 0. The summed E-state index contributed by atoms with van der Waals surface area (Å²) < 4.78 is 27.2. The summed E-state index contributed by atoms with van der Waals surface area (Å²) in [5, 5.41) is 4.49. The number of aryl methyl sites for hydroxylation is 2. The Kier molecular flexibility index (Phi) is 5.48.